The van der Waals surface area contributed by atoms with Gasteiger partial charge in [-0.2, -0.15) is 11.8 Å². The highest BCUT2D eigenvalue weighted by Gasteiger charge is 2.34. The lowest BCUT2D eigenvalue weighted by molar-refractivity contribution is 0.551. The molecule has 3 nitrogen and oxygen atoms in total. The van der Waals surface area contributed by atoms with E-state index in [0.717, 1.165) is 17.3 Å². The smallest absolute Gasteiger partial charge is 0.210 e. The summed E-state index contributed by atoms with van der Waals surface area (Å²) in [5, 5.41) is 0. The van der Waals surface area contributed by atoms with Gasteiger partial charge in [0.2, 0.25) is 10.0 Å². The van der Waals surface area contributed by atoms with Crippen molar-refractivity contribution in [2.75, 3.05) is 12.8 Å². The molecule has 0 bridgehead atoms. The van der Waals surface area contributed by atoms with Gasteiger partial charge in [0.25, 0.3) is 0 Å². The van der Waals surface area contributed by atoms with Crippen LogP contribution in [0.2, 0.25) is 0 Å². The molecule has 0 unspecified atom stereocenters. The van der Waals surface area contributed by atoms with Gasteiger partial charge in [-0.05, 0) is 53.2 Å². The lowest BCUT2D eigenvalue weighted by atomic mass is 10.1. The third-order valence-corrected chi connectivity index (χ3v) is 8.01. The Labute approximate surface area is 141 Å². The van der Waals surface area contributed by atoms with Crippen LogP contribution < -0.4 is 4.72 Å². The molecular formula is C13H17Br2NO2S2. The van der Waals surface area contributed by atoms with Crippen molar-refractivity contribution < 1.29 is 8.42 Å². The standard InChI is InChI=1S/C13H17Br2NO2S2/c1-19-13(6-2-3-7-13)9-16-20(17,18)12-5-4-10(14)8-11(12)15/h4-5,8,16H,2-3,6-7,9H2,1H3. The van der Waals surface area contributed by atoms with Crippen LogP contribution in [0.3, 0.4) is 0 Å². The molecule has 2 rings (SSSR count). The maximum absolute atomic E-state index is 12.4. The molecular weight excluding hydrogens is 426 g/mol. The summed E-state index contributed by atoms with van der Waals surface area (Å²) in [5.41, 5.74) is 0. The van der Waals surface area contributed by atoms with Gasteiger partial charge in [0, 0.05) is 20.2 Å². The molecule has 7 heteroatoms. The van der Waals surface area contributed by atoms with E-state index < -0.39 is 10.0 Å². The van der Waals surface area contributed by atoms with Gasteiger partial charge < -0.3 is 0 Å². The lowest BCUT2D eigenvalue weighted by Gasteiger charge is -2.26. The first-order valence-electron chi connectivity index (χ1n) is 6.38. The van der Waals surface area contributed by atoms with Crippen LogP contribution in [0.15, 0.2) is 32.0 Å². The van der Waals surface area contributed by atoms with Crippen molar-refractivity contribution in [3.05, 3.63) is 27.1 Å². The Kier molecular flexibility index (Phi) is 5.62. The van der Waals surface area contributed by atoms with Crippen molar-refractivity contribution in [3.63, 3.8) is 0 Å². The molecule has 1 aromatic rings. The topological polar surface area (TPSA) is 46.2 Å². The highest BCUT2D eigenvalue weighted by atomic mass is 79.9. The minimum Gasteiger partial charge on any atom is -0.210 e. The first-order chi connectivity index (χ1) is 9.38. The molecule has 1 aromatic carbocycles. The molecule has 0 radical (unpaired) electrons. The second-order valence-electron chi connectivity index (χ2n) is 4.99. The van der Waals surface area contributed by atoms with Gasteiger partial charge in [-0.3, -0.25) is 0 Å². The summed E-state index contributed by atoms with van der Waals surface area (Å²) >= 11 is 8.42. The molecule has 112 valence electrons. The van der Waals surface area contributed by atoms with Crippen LogP contribution >= 0.6 is 43.6 Å². The second-order valence-corrected chi connectivity index (χ2v) is 9.77. The number of sulfonamides is 1. The van der Waals surface area contributed by atoms with E-state index in [1.165, 1.54) is 12.8 Å². The summed E-state index contributed by atoms with van der Waals surface area (Å²) in [6, 6.07) is 5.09. The van der Waals surface area contributed by atoms with Gasteiger partial charge in [-0.1, -0.05) is 28.8 Å². The predicted molar refractivity (Wildman–Crippen MR) is 91.7 cm³/mol. The van der Waals surface area contributed by atoms with Gasteiger partial charge in [-0.15, -0.1) is 0 Å². The van der Waals surface area contributed by atoms with Crippen molar-refractivity contribution in [2.24, 2.45) is 0 Å². The van der Waals surface area contributed by atoms with Crippen LogP contribution in [0.4, 0.5) is 0 Å². The molecule has 0 aliphatic heterocycles. The highest BCUT2D eigenvalue weighted by molar-refractivity contribution is 9.11. The molecule has 0 heterocycles. The zero-order chi connectivity index (χ0) is 14.8. The number of hydrogen-bond acceptors (Lipinski definition) is 3. The molecule has 1 fully saturated rings. The predicted octanol–water partition coefficient (Wildman–Crippen LogP) is 4.17. The van der Waals surface area contributed by atoms with E-state index in [4.69, 9.17) is 0 Å². The number of rotatable bonds is 5. The molecule has 0 amide bonds. The monoisotopic (exact) mass is 441 g/mol. The summed E-state index contributed by atoms with van der Waals surface area (Å²) < 4.78 is 29.1. The molecule has 1 saturated carbocycles. The van der Waals surface area contributed by atoms with Crippen LogP contribution in [0.25, 0.3) is 0 Å². The van der Waals surface area contributed by atoms with Crippen molar-refractivity contribution in [1.29, 1.82) is 0 Å². The lowest BCUT2D eigenvalue weighted by Crippen LogP contribution is -2.38. The second kappa shape index (κ2) is 6.69. The van der Waals surface area contributed by atoms with Gasteiger partial charge in [-0.25, -0.2) is 13.1 Å². The Bertz CT molecular complexity index is 584. The van der Waals surface area contributed by atoms with Gasteiger partial charge in [0.05, 0.1) is 4.90 Å². The van der Waals surface area contributed by atoms with E-state index in [-0.39, 0.29) is 9.64 Å². The van der Waals surface area contributed by atoms with Crippen molar-refractivity contribution in [2.45, 2.75) is 35.3 Å². The summed E-state index contributed by atoms with van der Waals surface area (Å²) in [6.45, 7) is 0.499. The van der Waals surface area contributed by atoms with Gasteiger partial charge >= 0.3 is 0 Å². The van der Waals surface area contributed by atoms with Crippen molar-refractivity contribution >= 4 is 53.6 Å². The zero-order valence-electron chi connectivity index (χ0n) is 11.2. The van der Waals surface area contributed by atoms with Crippen LogP contribution in [0.1, 0.15) is 25.7 Å². The maximum atomic E-state index is 12.4. The number of nitrogens with one attached hydrogen (secondary N) is 1. The van der Waals surface area contributed by atoms with Crippen LogP contribution in [-0.2, 0) is 10.0 Å². The van der Waals surface area contributed by atoms with Gasteiger partial charge in [0.15, 0.2) is 0 Å². The maximum Gasteiger partial charge on any atom is 0.241 e. The fraction of sp³-hybridized carbons (Fsp3) is 0.538. The largest absolute Gasteiger partial charge is 0.241 e. The zero-order valence-corrected chi connectivity index (χ0v) is 16.0. The van der Waals surface area contributed by atoms with Crippen LogP contribution in [0.5, 0.6) is 0 Å². The SMILES string of the molecule is CSC1(CNS(=O)(=O)c2ccc(Br)cc2Br)CCCC1. The summed E-state index contributed by atoms with van der Waals surface area (Å²) in [4.78, 5) is 0.287. The number of halogens is 2. The van der Waals surface area contributed by atoms with Gasteiger partial charge in [0.1, 0.15) is 0 Å². The Morgan fingerprint density at radius 2 is 1.95 bits per heavy atom. The van der Waals surface area contributed by atoms with Crippen LogP contribution in [0, 0.1) is 0 Å². The third kappa shape index (κ3) is 3.80. The summed E-state index contributed by atoms with van der Waals surface area (Å²) in [5.74, 6) is 0. The molecule has 20 heavy (non-hydrogen) atoms. The van der Waals surface area contributed by atoms with Crippen molar-refractivity contribution in [1.82, 2.24) is 4.72 Å². The minimum absolute atomic E-state index is 0.0644. The summed E-state index contributed by atoms with van der Waals surface area (Å²) in [7, 11) is -3.47. The molecule has 0 aromatic heterocycles. The fourth-order valence-corrected chi connectivity index (χ4v) is 6.35. The van der Waals surface area contributed by atoms with Crippen LogP contribution in [-0.4, -0.2) is 26.0 Å². The quantitative estimate of drug-likeness (QED) is 0.744. The highest BCUT2D eigenvalue weighted by Crippen LogP contribution is 2.40. The van der Waals surface area contributed by atoms with Crippen molar-refractivity contribution in [3.8, 4) is 0 Å². The van der Waals surface area contributed by atoms with E-state index in [1.807, 2.05) is 0 Å². The number of thioether (sulfide) groups is 1. The third-order valence-electron chi connectivity index (χ3n) is 3.72. The first kappa shape index (κ1) is 16.8. The first-order valence-corrected chi connectivity index (χ1v) is 10.7. The Morgan fingerprint density at radius 3 is 2.50 bits per heavy atom. The molecule has 1 N–H and O–H groups in total. The molecule has 0 atom stereocenters. The van der Waals surface area contributed by atoms with E-state index in [2.05, 4.69) is 42.8 Å². The molecule has 1 aliphatic carbocycles. The molecule has 1 aliphatic rings. The molecule has 0 saturated heterocycles. The Balaban J connectivity index is 2.15. The van der Waals surface area contributed by atoms with E-state index in [0.29, 0.717) is 11.0 Å². The Hall–Kier alpha value is 0.440. The van der Waals surface area contributed by atoms with E-state index >= 15 is 0 Å². The number of hydrogen-bond donors (Lipinski definition) is 1. The minimum atomic E-state index is -3.47. The average molecular weight is 443 g/mol. The summed E-state index contributed by atoms with van der Waals surface area (Å²) in [6.07, 6.45) is 6.60. The normalized spacial score (nSPS) is 18.4. The fourth-order valence-electron chi connectivity index (χ4n) is 2.47. The number of benzene rings is 1. The average Bonchev–Trinajstić information content (AvgIpc) is 2.85. The molecule has 0 spiro atoms. The Morgan fingerprint density at radius 1 is 1.30 bits per heavy atom. The van der Waals surface area contributed by atoms with E-state index in [1.54, 1.807) is 30.0 Å². The van der Waals surface area contributed by atoms with E-state index in [9.17, 15) is 8.42 Å².